The lowest BCUT2D eigenvalue weighted by atomic mass is 10.2. The van der Waals surface area contributed by atoms with Crippen LogP contribution in [0.2, 0.25) is 5.02 Å². The molecule has 3 amide bonds. The zero-order valence-electron chi connectivity index (χ0n) is 10.4. The second-order valence-corrected chi connectivity index (χ2v) is 4.50. The molecule has 1 rings (SSSR count). The Balaban J connectivity index is 2.41. The van der Waals surface area contributed by atoms with Gasteiger partial charge in [-0.3, -0.25) is 10.1 Å². The fraction of sp³-hybridized carbons (Fsp3) is 0.333. The molecule has 18 heavy (non-hydrogen) atoms. The summed E-state index contributed by atoms with van der Waals surface area (Å²) in [5, 5.41) is 5.24. The van der Waals surface area contributed by atoms with Gasteiger partial charge in [0.25, 0.3) is 5.91 Å². The molecule has 3 N–H and O–H groups in total. The Hall–Kier alpha value is -1.59. The summed E-state index contributed by atoms with van der Waals surface area (Å²) in [6.07, 6.45) is 0. The minimum Gasteiger partial charge on any atom is -0.341 e. The molecule has 0 radical (unpaired) electrons. The van der Waals surface area contributed by atoms with Gasteiger partial charge in [0.1, 0.15) is 6.54 Å². The van der Waals surface area contributed by atoms with E-state index < -0.39 is 6.03 Å². The van der Waals surface area contributed by atoms with Crippen LogP contribution in [0.5, 0.6) is 0 Å². The Kier molecular flexibility index (Phi) is 5.61. The van der Waals surface area contributed by atoms with E-state index in [-0.39, 0.29) is 12.5 Å². The molecule has 0 aromatic heterocycles. The highest BCUT2D eigenvalue weighted by Crippen LogP contribution is 2.08. The van der Waals surface area contributed by atoms with E-state index in [1.54, 1.807) is 0 Å². The smallest absolute Gasteiger partial charge is 0.321 e. The number of halogens is 1. The van der Waals surface area contributed by atoms with Crippen molar-refractivity contribution in [1.29, 1.82) is 0 Å². The van der Waals surface area contributed by atoms with Crippen LogP contribution in [0, 0.1) is 0 Å². The molecule has 0 heterocycles. The molecule has 1 aromatic carbocycles. The molecule has 0 spiro atoms. The van der Waals surface area contributed by atoms with Crippen molar-refractivity contribution < 1.29 is 14.5 Å². The van der Waals surface area contributed by atoms with Crippen LogP contribution in [0.15, 0.2) is 24.3 Å². The van der Waals surface area contributed by atoms with Crippen LogP contribution < -0.4 is 15.5 Å². The largest absolute Gasteiger partial charge is 0.341 e. The molecule has 98 valence electrons. The summed E-state index contributed by atoms with van der Waals surface area (Å²) in [5.41, 5.74) is 1.09. The van der Waals surface area contributed by atoms with Gasteiger partial charge in [-0.25, -0.2) is 4.79 Å². The fourth-order valence-corrected chi connectivity index (χ4v) is 1.65. The van der Waals surface area contributed by atoms with Crippen molar-refractivity contribution >= 4 is 23.5 Å². The Morgan fingerprint density at radius 1 is 1.28 bits per heavy atom. The van der Waals surface area contributed by atoms with Crippen molar-refractivity contribution in [3.8, 4) is 0 Å². The van der Waals surface area contributed by atoms with E-state index in [1.165, 1.54) is 7.05 Å². The molecule has 0 aliphatic carbocycles. The van der Waals surface area contributed by atoms with Gasteiger partial charge in [0.15, 0.2) is 6.54 Å². The Morgan fingerprint density at radius 2 is 1.89 bits per heavy atom. The molecule has 0 aliphatic rings. The van der Waals surface area contributed by atoms with E-state index in [2.05, 4.69) is 10.6 Å². The van der Waals surface area contributed by atoms with Gasteiger partial charge in [-0.15, -0.1) is 0 Å². The summed E-state index contributed by atoms with van der Waals surface area (Å²) in [5.74, 6) is -0.305. The van der Waals surface area contributed by atoms with Gasteiger partial charge in [-0.1, -0.05) is 23.7 Å². The third-order valence-corrected chi connectivity index (χ3v) is 2.61. The molecule has 1 unspecified atom stereocenters. The highest BCUT2D eigenvalue weighted by molar-refractivity contribution is 6.30. The number of rotatable bonds is 4. The van der Waals surface area contributed by atoms with E-state index in [9.17, 15) is 9.59 Å². The van der Waals surface area contributed by atoms with Gasteiger partial charge < -0.3 is 10.2 Å². The molecule has 0 bridgehead atoms. The Bertz CT molecular complexity index is 420. The molecule has 0 fully saturated rings. The molecular weight excluding hydrogens is 254 g/mol. The number of quaternary nitrogens is 1. The highest BCUT2D eigenvalue weighted by Gasteiger charge is 2.12. The van der Waals surface area contributed by atoms with Crippen molar-refractivity contribution in [2.24, 2.45) is 0 Å². The molecule has 6 heteroatoms. The van der Waals surface area contributed by atoms with Crippen LogP contribution in [-0.4, -0.2) is 32.6 Å². The first-order valence-corrected chi connectivity index (χ1v) is 5.96. The van der Waals surface area contributed by atoms with Gasteiger partial charge in [0.2, 0.25) is 0 Å². The zero-order chi connectivity index (χ0) is 13.5. The van der Waals surface area contributed by atoms with E-state index in [0.29, 0.717) is 11.6 Å². The Morgan fingerprint density at radius 3 is 2.44 bits per heavy atom. The summed E-state index contributed by atoms with van der Waals surface area (Å²) in [4.78, 5) is 23.4. The first-order chi connectivity index (χ1) is 8.51. The van der Waals surface area contributed by atoms with Crippen molar-refractivity contribution in [2.45, 2.75) is 6.54 Å². The first-order valence-electron chi connectivity index (χ1n) is 5.58. The van der Waals surface area contributed by atoms with Gasteiger partial charge in [-0.2, -0.15) is 0 Å². The quantitative estimate of drug-likeness (QED) is 0.710. The zero-order valence-corrected chi connectivity index (χ0v) is 11.2. The van der Waals surface area contributed by atoms with Gasteiger partial charge in [-0.05, 0) is 12.1 Å². The Labute approximate surface area is 111 Å². The number of urea groups is 1. The monoisotopic (exact) mass is 270 g/mol. The number of benzene rings is 1. The predicted octanol–water partition coefficient (Wildman–Crippen LogP) is -0.190. The average molecular weight is 271 g/mol. The lowest BCUT2D eigenvalue weighted by molar-refractivity contribution is -0.885. The molecule has 0 saturated heterocycles. The number of imide groups is 1. The van der Waals surface area contributed by atoms with E-state index >= 15 is 0 Å². The van der Waals surface area contributed by atoms with E-state index in [1.807, 2.05) is 31.3 Å². The third kappa shape index (κ3) is 5.16. The third-order valence-electron chi connectivity index (χ3n) is 2.36. The number of carbonyl (C=O) groups excluding carboxylic acids is 2. The number of carbonyl (C=O) groups is 2. The second-order valence-electron chi connectivity index (χ2n) is 4.06. The SMILES string of the molecule is CNC(=O)NC(=O)C[NH+](C)Cc1ccc(Cl)cc1. The molecule has 5 nitrogen and oxygen atoms in total. The maximum atomic E-state index is 11.5. The van der Waals surface area contributed by atoms with Crippen molar-refractivity contribution in [3.63, 3.8) is 0 Å². The number of likely N-dealkylation sites (N-methyl/N-ethyl adjacent to an activating group) is 1. The van der Waals surface area contributed by atoms with E-state index in [4.69, 9.17) is 11.6 Å². The van der Waals surface area contributed by atoms with Gasteiger partial charge >= 0.3 is 6.03 Å². The lowest BCUT2D eigenvalue weighted by Gasteiger charge is -2.13. The lowest BCUT2D eigenvalue weighted by Crippen LogP contribution is -3.09. The minimum atomic E-state index is -0.487. The summed E-state index contributed by atoms with van der Waals surface area (Å²) < 4.78 is 0. The van der Waals surface area contributed by atoms with Crippen LogP contribution in [0.3, 0.4) is 0 Å². The summed E-state index contributed by atoms with van der Waals surface area (Å²) in [6, 6.07) is 6.98. The number of hydrogen-bond donors (Lipinski definition) is 3. The first kappa shape index (κ1) is 14.5. The molecule has 1 aromatic rings. The minimum absolute atomic E-state index is 0.232. The topological polar surface area (TPSA) is 62.6 Å². The van der Waals surface area contributed by atoms with Crippen LogP contribution in [0.25, 0.3) is 0 Å². The van der Waals surface area contributed by atoms with Gasteiger partial charge in [0.05, 0.1) is 7.05 Å². The molecule has 0 saturated carbocycles. The fourth-order valence-electron chi connectivity index (χ4n) is 1.52. The number of nitrogens with one attached hydrogen (secondary N) is 3. The average Bonchev–Trinajstić information content (AvgIpc) is 2.31. The normalized spacial score (nSPS) is 11.7. The standard InChI is InChI=1S/C12H16ClN3O2/c1-14-12(18)15-11(17)8-16(2)7-9-3-5-10(13)6-4-9/h3-6H,7-8H2,1-2H3,(H2,14,15,17,18)/p+1. The van der Waals surface area contributed by atoms with Crippen molar-refractivity contribution in [1.82, 2.24) is 10.6 Å². The molecular formula is C12H17ClN3O2+. The summed E-state index contributed by atoms with van der Waals surface area (Å²) in [6.45, 7) is 0.925. The van der Waals surface area contributed by atoms with Crippen molar-refractivity contribution in [2.75, 3.05) is 20.6 Å². The number of hydrogen-bond acceptors (Lipinski definition) is 2. The van der Waals surface area contributed by atoms with Crippen molar-refractivity contribution in [3.05, 3.63) is 34.9 Å². The molecule has 0 aliphatic heterocycles. The molecule has 1 atom stereocenters. The summed E-state index contributed by atoms with van der Waals surface area (Å²) >= 11 is 5.79. The number of amides is 3. The predicted molar refractivity (Wildman–Crippen MR) is 69.5 cm³/mol. The van der Waals surface area contributed by atoms with Crippen LogP contribution >= 0.6 is 11.6 Å². The van der Waals surface area contributed by atoms with Crippen LogP contribution in [0.1, 0.15) is 5.56 Å². The maximum Gasteiger partial charge on any atom is 0.321 e. The van der Waals surface area contributed by atoms with E-state index in [0.717, 1.165) is 10.5 Å². The maximum absolute atomic E-state index is 11.5. The highest BCUT2D eigenvalue weighted by atomic mass is 35.5. The van der Waals surface area contributed by atoms with Crippen LogP contribution in [-0.2, 0) is 11.3 Å². The van der Waals surface area contributed by atoms with Gasteiger partial charge in [0, 0.05) is 17.6 Å². The second kappa shape index (κ2) is 6.98. The summed E-state index contributed by atoms with van der Waals surface area (Å²) in [7, 11) is 3.35. The van der Waals surface area contributed by atoms with Crippen LogP contribution in [0.4, 0.5) is 4.79 Å².